The van der Waals surface area contributed by atoms with Crippen LogP contribution in [0.1, 0.15) is 47.1 Å². The van der Waals surface area contributed by atoms with E-state index in [1.54, 1.807) is 13.0 Å². The van der Waals surface area contributed by atoms with Gasteiger partial charge in [0.25, 0.3) is 5.92 Å². The number of thioether (sulfide) groups is 1. The molecule has 49 heavy (non-hydrogen) atoms. The molecule has 0 bridgehead atoms. The van der Waals surface area contributed by atoms with Gasteiger partial charge in [0, 0.05) is 74.2 Å². The van der Waals surface area contributed by atoms with Gasteiger partial charge in [-0.05, 0) is 53.8 Å². The fourth-order valence-corrected chi connectivity index (χ4v) is 7.73. The summed E-state index contributed by atoms with van der Waals surface area (Å²) in [4.78, 5) is 17.3. The average Bonchev–Trinajstić information content (AvgIpc) is 3.53. The fraction of sp³-hybridized carbons (Fsp3) is 0.341. The van der Waals surface area contributed by atoms with Crippen LogP contribution in [0.5, 0.6) is 5.75 Å². The molecule has 8 heteroatoms. The van der Waals surface area contributed by atoms with E-state index < -0.39 is 5.92 Å². The molecule has 4 aromatic carbocycles. The summed E-state index contributed by atoms with van der Waals surface area (Å²) >= 11 is 1.89. The predicted octanol–water partition coefficient (Wildman–Crippen LogP) is 8.74. The van der Waals surface area contributed by atoms with Gasteiger partial charge in [0.05, 0.1) is 12.1 Å². The van der Waals surface area contributed by atoms with Crippen molar-refractivity contribution >= 4 is 28.6 Å². The van der Waals surface area contributed by atoms with Crippen molar-refractivity contribution in [2.45, 2.75) is 45.2 Å². The summed E-state index contributed by atoms with van der Waals surface area (Å²) in [6.45, 7) is 7.21. The summed E-state index contributed by atoms with van der Waals surface area (Å²) in [5.41, 5.74) is 5.04. The SMILES string of the molecule is Cc1c(CN(CCCOc2cccc3c2ccn3CC(=O)N2CCSCC2)CC(c2ccccc2)c2ccccc2)cccc1C(C)(F)F. The Hall–Kier alpha value is -4.14. The van der Waals surface area contributed by atoms with Gasteiger partial charge >= 0.3 is 0 Å². The van der Waals surface area contributed by atoms with Crippen LogP contribution in [0, 0.1) is 6.92 Å². The topological polar surface area (TPSA) is 37.7 Å². The lowest BCUT2D eigenvalue weighted by atomic mass is 9.90. The number of carbonyl (C=O) groups is 1. The number of hydrogen-bond acceptors (Lipinski definition) is 4. The Labute approximate surface area is 292 Å². The lowest BCUT2D eigenvalue weighted by molar-refractivity contribution is -0.131. The number of hydrogen-bond donors (Lipinski definition) is 0. The number of benzene rings is 4. The Morgan fingerprint density at radius 2 is 1.57 bits per heavy atom. The normalized spacial score (nSPS) is 13.8. The minimum atomic E-state index is -2.91. The first-order chi connectivity index (χ1) is 23.8. The van der Waals surface area contributed by atoms with Crippen LogP contribution in [-0.4, -0.2) is 64.6 Å². The number of alkyl halides is 2. The summed E-state index contributed by atoms with van der Waals surface area (Å²) in [6, 6.07) is 34.2. The summed E-state index contributed by atoms with van der Waals surface area (Å²) in [6.07, 6.45) is 2.72. The first-order valence-electron chi connectivity index (χ1n) is 17.1. The third-order valence-electron chi connectivity index (χ3n) is 9.48. The summed E-state index contributed by atoms with van der Waals surface area (Å²) in [7, 11) is 0. The molecule has 256 valence electrons. The van der Waals surface area contributed by atoms with Crippen molar-refractivity contribution in [3.8, 4) is 5.75 Å². The second kappa shape index (κ2) is 16.0. The second-order valence-corrected chi connectivity index (χ2v) is 14.1. The maximum atomic E-state index is 14.5. The molecule has 1 aliphatic rings. The van der Waals surface area contributed by atoms with Gasteiger partial charge in [0.2, 0.25) is 5.91 Å². The van der Waals surface area contributed by atoms with Crippen LogP contribution < -0.4 is 4.74 Å². The Balaban J connectivity index is 1.18. The fourth-order valence-electron chi connectivity index (χ4n) is 6.83. The second-order valence-electron chi connectivity index (χ2n) is 12.9. The van der Waals surface area contributed by atoms with Crippen LogP contribution in [0.15, 0.2) is 109 Å². The number of carbonyl (C=O) groups excluding carboxylic acids is 1. The lowest BCUT2D eigenvalue weighted by Crippen LogP contribution is -2.39. The van der Waals surface area contributed by atoms with E-state index >= 15 is 0 Å². The Morgan fingerprint density at radius 3 is 2.24 bits per heavy atom. The van der Waals surface area contributed by atoms with Gasteiger partial charge in [-0.1, -0.05) is 84.9 Å². The molecule has 0 unspecified atom stereocenters. The van der Waals surface area contributed by atoms with Crippen LogP contribution in [0.25, 0.3) is 10.9 Å². The van der Waals surface area contributed by atoms with E-state index in [-0.39, 0.29) is 17.4 Å². The highest BCUT2D eigenvalue weighted by Gasteiger charge is 2.28. The highest BCUT2D eigenvalue weighted by atomic mass is 32.2. The summed E-state index contributed by atoms with van der Waals surface area (Å²) in [5.74, 6) is 0.136. The van der Waals surface area contributed by atoms with Crippen molar-refractivity contribution in [3.05, 3.63) is 137 Å². The molecule has 0 atom stereocenters. The molecule has 1 amide bonds. The van der Waals surface area contributed by atoms with Gasteiger partial charge in [-0.3, -0.25) is 9.69 Å². The molecule has 1 fully saturated rings. The smallest absolute Gasteiger partial charge is 0.270 e. The zero-order chi connectivity index (χ0) is 34.2. The summed E-state index contributed by atoms with van der Waals surface area (Å²) < 4.78 is 37.4. The van der Waals surface area contributed by atoms with Gasteiger partial charge in [0.15, 0.2) is 0 Å². The number of aromatic nitrogens is 1. The average molecular weight is 682 g/mol. The van der Waals surface area contributed by atoms with E-state index in [1.807, 2.05) is 69.9 Å². The maximum absolute atomic E-state index is 14.5. The number of amides is 1. The molecule has 1 aliphatic heterocycles. The van der Waals surface area contributed by atoms with Gasteiger partial charge in [0.1, 0.15) is 12.3 Å². The number of fused-ring (bicyclic) bond motifs is 1. The van der Waals surface area contributed by atoms with Crippen molar-refractivity contribution in [2.75, 3.05) is 44.3 Å². The number of ether oxygens (including phenoxy) is 1. The lowest BCUT2D eigenvalue weighted by Gasteiger charge is -2.29. The minimum absolute atomic E-state index is 0.0765. The monoisotopic (exact) mass is 681 g/mol. The Morgan fingerprint density at radius 1 is 0.898 bits per heavy atom. The Kier molecular flexibility index (Phi) is 11.4. The van der Waals surface area contributed by atoms with E-state index in [0.29, 0.717) is 25.3 Å². The third-order valence-corrected chi connectivity index (χ3v) is 10.4. The van der Waals surface area contributed by atoms with Gasteiger partial charge in [-0.2, -0.15) is 11.8 Å². The van der Waals surface area contributed by atoms with Crippen molar-refractivity contribution in [3.63, 3.8) is 0 Å². The van der Waals surface area contributed by atoms with Crippen molar-refractivity contribution in [2.24, 2.45) is 0 Å². The predicted molar refractivity (Wildman–Crippen MR) is 197 cm³/mol. The molecule has 2 heterocycles. The van der Waals surface area contributed by atoms with Gasteiger partial charge in [-0.15, -0.1) is 0 Å². The van der Waals surface area contributed by atoms with E-state index in [1.165, 1.54) is 17.2 Å². The molecule has 0 N–H and O–H groups in total. The van der Waals surface area contributed by atoms with E-state index in [9.17, 15) is 13.6 Å². The quantitative estimate of drug-likeness (QED) is 0.110. The standard InChI is InChI=1S/C41H45F2N3O2S/c1-31-34(16-9-17-37(31)41(2,42)43)28-44(29-36(32-12-5-3-6-13-32)33-14-7-4-8-15-33)21-11-25-48-39-19-10-18-38-35(39)20-22-46(38)30-40(47)45-23-26-49-27-24-45/h3-10,12-20,22,36H,11,21,23-30H2,1-2H3. The van der Waals surface area contributed by atoms with E-state index in [0.717, 1.165) is 73.2 Å². The van der Waals surface area contributed by atoms with Crippen LogP contribution in [0.2, 0.25) is 0 Å². The molecule has 5 nitrogen and oxygen atoms in total. The molecule has 0 saturated carbocycles. The van der Waals surface area contributed by atoms with Crippen LogP contribution in [0.4, 0.5) is 8.78 Å². The van der Waals surface area contributed by atoms with Crippen LogP contribution in [0.3, 0.4) is 0 Å². The van der Waals surface area contributed by atoms with Crippen molar-refractivity contribution in [1.82, 2.24) is 14.4 Å². The minimum Gasteiger partial charge on any atom is -0.493 e. The molecule has 5 aromatic rings. The first kappa shape index (κ1) is 34.7. The molecule has 0 spiro atoms. The van der Waals surface area contributed by atoms with E-state index in [4.69, 9.17) is 4.74 Å². The largest absolute Gasteiger partial charge is 0.493 e. The zero-order valence-electron chi connectivity index (χ0n) is 28.4. The highest BCUT2D eigenvalue weighted by molar-refractivity contribution is 7.99. The first-order valence-corrected chi connectivity index (χ1v) is 18.3. The molecule has 0 radical (unpaired) electrons. The highest BCUT2D eigenvalue weighted by Crippen LogP contribution is 2.33. The van der Waals surface area contributed by atoms with Crippen molar-refractivity contribution in [1.29, 1.82) is 0 Å². The third kappa shape index (κ3) is 8.72. The van der Waals surface area contributed by atoms with Crippen LogP contribution in [-0.2, 0) is 23.8 Å². The number of nitrogens with zero attached hydrogens (tertiary/aromatic N) is 3. The maximum Gasteiger partial charge on any atom is 0.270 e. The summed E-state index contributed by atoms with van der Waals surface area (Å²) in [5, 5.41) is 0.988. The molecule has 1 saturated heterocycles. The molecule has 1 aromatic heterocycles. The molecule has 0 aliphatic carbocycles. The molecular weight excluding hydrogens is 637 g/mol. The van der Waals surface area contributed by atoms with Crippen molar-refractivity contribution < 1.29 is 18.3 Å². The number of halogens is 2. The number of rotatable bonds is 14. The zero-order valence-corrected chi connectivity index (χ0v) is 29.2. The Bertz CT molecular complexity index is 1780. The van der Waals surface area contributed by atoms with E-state index in [2.05, 4.69) is 53.4 Å². The van der Waals surface area contributed by atoms with Crippen LogP contribution >= 0.6 is 11.8 Å². The van der Waals surface area contributed by atoms with Gasteiger partial charge in [-0.25, -0.2) is 8.78 Å². The molecular formula is C41H45F2N3O2S. The van der Waals surface area contributed by atoms with Gasteiger partial charge < -0.3 is 14.2 Å². The molecule has 6 rings (SSSR count).